The van der Waals surface area contributed by atoms with Crippen LogP contribution in [0.1, 0.15) is 154 Å². The molecule has 0 aliphatic carbocycles. The molecule has 78 heavy (non-hydrogen) atoms. The van der Waals surface area contributed by atoms with Crippen molar-refractivity contribution in [3.63, 3.8) is 0 Å². The van der Waals surface area contributed by atoms with Crippen LogP contribution in [0.3, 0.4) is 0 Å². The number of imidazole rings is 1. The van der Waals surface area contributed by atoms with Crippen molar-refractivity contribution in [1.29, 1.82) is 0 Å². The van der Waals surface area contributed by atoms with Gasteiger partial charge in [0.15, 0.2) is 0 Å². The van der Waals surface area contributed by atoms with Crippen LogP contribution in [0.4, 0.5) is 0 Å². The molecule has 3 heterocycles. The number of aromatic nitrogens is 3. The molecule has 0 amide bonds. The quantitative estimate of drug-likeness (QED) is 0.0779. The third kappa shape index (κ3) is 10.5. The van der Waals surface area contributed by atoms with Gasteiger partial charge >= 0.3 is 0 Å². The predicted octanol–water partition coefficient (Wildman–Crippen LogP) is 20.4. The van der Waals surface area contributed by atoms with Crippen LogP contribution in [0.2, 0.25) is 19.6 Å². The Morgan fingerprint density at radius 2 is 1.24 bits per heavy atom. The van der Waals surface area contributed by atoms with E-state index in [1.807, 2.05) is 44.3 Å². The van der Waals surface area contributed by atoms with E-state index < -0.39 is 14.0 Å². The van der Waals surface area contributed by atoms with Crippen molar-refractivity contribution in [2.45, 2.75) is 145 Å². The fourth-order valence-corrected chi connectivity index (χ4v) is 13.0. The number of furan rings is 1. The van der Waals surface area contributed by atoms with Gasteiger partial charge in [0.1, 0.15) is 5.58 Å². The number of para-hydroxylation sites is 2. The minimum Gasteiger partial charge on any atom is -0.500 e. The van der Waals surface area contributed by atoms with Gasteiger partial charge in [-0.25, -0.2) is 0 Å². The average molecular weight is 1220 g/mol. The van der Waals surface area contributed by atoms with Crippen molar-refractivity contribution < 1.29 is 25.9 Å². The normalized spacial score (nSPS) is 12.6. The first kappa shape index (κ1) is 54.9. The first-order valence-electron chi connectivity index (χ1n) is 28.4. The van der Waals surface area contributed by atoms with E-state index in [2.05, 4.69) is 233 Å². The molecule has 11 rings (SSSR count). The summed E-state index contributed by atoms with van der Waals surface area (Å²) in [7, 11) is -1.50. The number of hydrogen-bond donors (Lipinski definition) is 0. The van der Waals surface area contributed by atoms with Crippen molar-refractivity contribution >= 4 is 67.8 Å². The Hall–Kier alpha value is -6.43. The zero-order valence-corrected chi connectivity index (χ0v) is 52.1. The van der Waals surface area contributed by atoms with Crippen LogP contribution >= 0.6 is 0 Å². The summed E-state index contributed by atoms with van der Waals surface area (Å²) in [6, 6.07) is 57.3. The second-order valence-electron chi connectivity index (χ2n) is 24.8. The molecule has 8 aromatic carbocycles. The van der Waals surface area contributed by atoms with Gasteiger partial charge in [0, 0.05) is 38.7 Å². The van der Waals surface area contributed by atoms with Crippen molar-refractivity contribution in [2.24, 2.45) is 0 Å². The Kier molecular flexibility index (Phi) is 15.5. The Bertz CT molecular complexity index is 3990. The predicted molar refractivity (Wildman–Crippen MR) is 334 cm³/mol. The van der Waals surface area contributed by atoms with E-state index in [4.69, 9.17) is 10.8 Å². The second kappa shape index (κ2) is 22.0. The van der Waals surface area contributed by atoms with E-state index in [-0.39, 0.29) is 37.4 Å². The first-order chi connectivity index (χ1) is 36.9. The van der Waals surface area contributed by atoms with Gasteiger partial charge in [0.2, 0.25) is 0 Å². The molecular formula is C72H77IrN3OSi-2. The summed E-state index contributed by atoms with van der Waals surface area (Å²) in [6.07, 6.45) is 1.98. The summed E-state index contributed by atoms with van der Waals surface area (Å²) in [4.78, 5) is 10.1. The Labute approximate surface area is 480 Å². The van der Waals surface area contributed by atoms with Crippen molar-refractivity contribution in [3.05, 3.63) is 191 Å². The van der Waals surface area contributed by atoms with Crippen LogP contribution in [0.15, 0.2) is 150 Å². The molecule has 0 atom stereocenters. The largest absolute Gasteiger partial charge is 0.500 e. The Balaban J connectivity index is 0.000000304. The topological polar surface area (TPSA) is 43.9 Å². The monoisotopic (exact) mass is 1220 g/mol. The molecule has 0 aliphatic rings. The molecule has 3 aromatic heterocycles. The molecule has 0 unspecified atom stereocenters. The maximum absolute atomic E-state index is 8.44. The van der Waals surface area contributed by atoms with Crippen LogP contribution in [0, 0.1) is 12.1 Å². The zero-order valence-electron chi connectivity index (χ0n) is 49.7. The number of rotatable bonds is 10. The molecule has 11 aromatic rings. The molecule has 0 fully saturated rings. The van der Waals surface area contributed by atoms with Gasteiger partial charge in [-0.05, 0) is 125 Å². The van der Waals surface area contributed by atoms with Crippen molar-refractivity contribution in [1.82, 2.24) is 14.5 Å². The third-order valence-electron chi connectivity index (χ3n) is 15.6. The van der Waals surface area contributed by atoms with E-state index >= 15 is 0 Å². The third-order valence-corrected chi connectivity index (χ3v) is 17.6. The molecule has 401 valence electrons. The maximum atomic E-state index is 8.44. The minimum atomic E-state index is -1.50. The van der Waals surface area contributed by atoms with Crippen LogP contribution < -0.4 is 5.19 Å². The molecule has 0 saturated carbocycles. The number of hydrogen-bond acceptors (Lipinski definition) is 3. The minimum absolute atomic E-state index is 0. The standard InChI is InChI=1S/C55H55N2O.C17H22NSi.Ir/c1-31(2)38-19-16-20-39(32(3)4)50(38)41-25-26-42(53-51(41)46-27-36-24-23-35-17-12-13-18-40(35)45(36)30-49(46)58-53)54-56-47-21-14-15-22-48(47)57(54)52-43(33(5)6)28-37(55(9,10)11)29-44(52)34(7)8;1-13(2)15-11-16(14-9-7-6-8-10-14)18-12-17(15)19(3,4)5;/h12-25,27-34H,1-11H3;6-9,11-13H,1-5H3;/q2*-1;/i;13D;. The molecule has 6 heteroatoms. The molecule has 0 spiro atoms. The SMILES string of the molecule is CC(C)c1cccc(C(C)C)c1-c1c[c-]c(-c2nc3ccccc3n2-c2c(C(C)C)cc(C(C)(C)C)cc2C(C)C)c2oc3cc4c(ccc5ccccc54)cc3c12.[2H]C(C)(C)c1cc(-c2[c-]cccc2)ncc1[Si](C)(C)C.[Ir]. The van der Waals surface area contributed by atoms with Crippen LogP contribution in [0.25, 0.3) is 94.0 Å². The zero-order chi connectivity index (χ0) is 55.7. The second-order valence-corrected chi connectivity index (χ2v) is 29.9. The van der Waals surface area contributed by atoms with Gasteiger partial charge in [-0.2, -0.15) is 0 Å². The van der Waals surface area contributed by atoms with E-state index in [1.165, 1.54) is 65.8 Å². The van der Waals surface area contributed by atoms with E-state index in [9.17, 15) is 0 Å². The molecule has 0 saturated heterocycles. The summed E-state index contributed by atoms with van der Waals surface area (Å²) in [5, 5.41) is 8.34. The van der Waals surface area contributed by atoms with E-state index in [1.54, 1.807) is 0 Å². The molecular weight excluding hydrogens is 1140 g/mol. The molecule has 0 aliphatic heterocycles. The van der Waals surface area contributed by atoms with Gasteiger partial charge < -0.3 is 14.0 Å². The summed E-state index contributed by atoms with van der Waals surface area (Å²) in [6.45, 7) is 36.2. The van der Waals surface area contributed by atoms with Gasteiger partial charge in [0.05, 0.1) is 30.5 Å². The van der Waals surface area contributed by atoms with Crippen LogP contribution in [-0.4, -0.2) is 22.6 Å². The number of fused-ring (bicyclic) bond motifs is 7. The summed E-state index contributed by atoms with van der Waals surface area (Å²) < 4.78 is 18.1. The Morgan fingerprint density at radius 1 is 0.615 bits per heavy atom. The average Bonchev–Trinajstić information content (AvgIpc) is 4.23. The molecule has 4 nitrogen and oxygen atoms in total. The fourth-order valence-electron chi connectivity index (χ4n) is 11.4. The summed E-state index contributed by atoms with van der Waals surface area (Å²) in [5.74, 6) is 1.47. The van der Waals surface area contributed by atoms with Gasteiger partial charge in [-0.1, -0.05) is 217 Å². The number of nitrogens with zero attached hydrogens (tertiary/aromatic N) is 3. The Morgan fingerprint density at radius 3 is 1.86 bits per heavy atom. The van der Waals surface area contributed by atoms with Gasteiger partial charge in [0.25, 0.3) is 0 Å². The number of benzene rings is 8. The number of pyridine rings is 1. The fraction of sp³-hybridized carbons (Fsp3) is 0.306. The van der Waals surface area contributed by atoms with Gasteiger partial charge in [-0.15, -0.1) is 48.0 Å². The summed E-state index contributed by atoms with van der Waals surface area (Å²) >= 11 is 0. The maximum Gasteiger partial charge on any atom is 0.121 e. The summed E-state index contributed by atoms with van der Waals surface area (Å²) in [5.41, 5.74) is 17.9. The molecule has 0 bridgehead atoms. The smallest absolute Gasteiger partial charge is 0.121 e. The molecule has 0 N–H and O–H groups in total. The van der Waals surface area contributed by atoms with E-state index in [0.717, 1.165) is 66.7 Å². The molecule has 1 radical (unpaired) electrons. The van der Waals surface area contributed by atoms with Crippen LogP contribution in [-0.2, 0) is 25.5 Å². The first-order valence-corrected chi connectivity index (χ1v) is 31.4. The van der Waals surface area contributed by atoms with Crippen molar-refractivity contribution in [3.8, 4) is 39.5 Å². The van der Waals surface area contributed by atoms with Crippen molar-refractivity contribution in [2.75, 3.05) is 0 Å². The van der Waals surface area contributed by atoms with Crippen LogP contribution in [0.5, 0.6) is 0 Å². The van der Waals surface area contributed by atoms with E-state index in [0.29, 0.717) is 11.8 Å². The van der Waals surface area contributed by atoms with Gasteiger partial charge in [-0.3, -0.25) is 4.98 Å².